The second-order valence-corrected chi connectivity index (χ2v) is 32.3. The first-order valence-corrected chi connectivity index (χ1v) is 25.5. The Morgan fingerprint density at radius 3 is 1.98 bits per heavy atom. The molecule has 3 aromatic rings. The molecule has 0 N–H and O–H groups in total. The zero-order valence-corrected chi connectivity index (χ0v) is 36.4. The third kappa shape index (κ3) is 4.16. The van der Waals surface area contributed by atoms with Crippen LogP contribution >= 0.6 is 24.8 Å². The van der Waals surface area contributed by atoms with E-state index >= 15 is 0 Å². The van der Waals surface area contributed by atoms with Gasteiger partial charge in [0, 0.05) is 0 Å². The van der Waals surface area contributed by atoms with Crippen molar-refractivity contribution < 1.29 is 18.3 Å². The molecular weight excluding hydrogens is 739 g/mol. The molecule has 8 rings (SSSR count). The molecule has 5 aliphatic carbocycles. The van der Waals surface area contributed by atoms with Crippen molar-refractivity contribution in [1.82, 2.24) is 0 Å². The molecule has 5 aliphatic rings. The number of rotatable bonds is 4. The van der Waals surface area contributed by atoms with Crippen LogP contribution in [0.3, 0.4) is 0 Å². The molecule has 0 amide bonds. The predicted molar refractivity (Wildman–Crippen MR) is 224 cm³/mol. The summed E-state index contributed by atoms with van der Waals surface area (Å²) in [7, 11) is 0. The van der Waals surface area contributed by atoms with Gasteiger partial charge in [0.05, 0.1) is 0 Å². The van der Waals surface area contributed by atoms with Crippen LogP contribution in [0.1, 0.15) is 91.3 Å². The molecular formula is C48H58Cl2Zr. The summed E-state index contributed by atoms with van der Waals surface area (Å²) in [6.07, 6.45) is 16.6. The Morgan fingerprint density at radius 2 is 1.33 bits per heavy atom. The van der Waals surface area contributed by atoms with Gasteiger partial charge in [0.1, 0.15) is 0 Å². The van der Waals surface area contributed by atoms with E-state index in [1.54, 1.807) is 25.6 Å². The van der Waals surface area contributed by atoms with Crippen molar-refractivity contribution in [3.05, 3.63) is 146 Å². The molecule has 0 saturated heterocycles. The Bertz CT molecular complexity index is 2130. The normalized spacial score (nSPS) is 28.1. The van der Waals surface area contributed by atoms with Crippen LogP contribution in [0.15, 0.2) is 129 Å². The van der Waals surface area contributed by atoms with Gasteiger partial charge in [0.25, 0.3) is 0 Å². The molecule has 3 atom stereocenters. The SMILES string of the molecule is Cl.Cl.[CH2]=[Zr]([C]1=CC=CC1)([c]1ccccc1)([c]1ccc(C)cc1)[C]1(C)C2=C3Cc4ccccc4C3=C3C=CCCC3C2(C)C(C)(C)C(C)(C)C1(C)C. The van der Waals surface area contributed by atoms with E-state index in [0.29, 0.717) is 5.92 Å². The Labute approximate surface area is 321 Å². The summed E-state index contributed by atoms with van der Waals surface area (Å²) in [6.45, 7) is 23.7. The van der Waals surface area contributed by atoms with E-state index in [1.165, 1.54) is 29.7 Å². The van der Waals surface area contributed by atoms with Gasteiger partial charge in [-0.2, -0.15) is 0 Å². The fraction of sp³-hybridized carbons (Fsp3) is 0.396. The van der Waals surface area contributed by atoms with Gasteiger partial charge in [0.2, 0.25) is 0 Å². The minimum atomic E-state index is -5.09. The van der Waals surface area contributed by atoms with Crippen LogP contribution in [-0.2, 0) is 24.7 Å². The summed E-state index contributed by atoms with van der Waals surface area (Å²) in [4.78, 5) is 0. The fourth-order valence-corrected chi connectivity index (χ4v) is 33.5. The summed E-state index contributed by atoms with van der Waals surface area (Å²) >= 11 is -5.09. The molecule has 0 spiro atoms. The third-order valence-electron chi connectivity index (χ3n) is 16.9. The number of hydrogen-bond acceptors (Lipinski definition) is 0. The molecule has 0 bridgehead atoms. The number of halogens is 2. The minimum absolute atomic E-state index is 0. The van der Waals surface area contributed by atoms with Gasteiger partial charge in [-0.25, -0.2) is 0 Å². The molecule has 1 fully saturated rings. The van der Waals surface area contributed by atoms with Crippen molar-refractivity contribution in [2.75, 3.05) is 0 Å². The molecule has 0 aromatic heterocycles. The Balaban J connectivity index is 0.00000224. The van der Waals surface area contributed by atoms with Crippen LogP contribution in [0, 0.1) is 34.5 Å². The van der Waals surface area contributed by atoms with Crippen LogP contribution in [0.25, 0.3) is 5.57 Å². The molecule has 0 radical (unpaired) electrons. The van der Waals surface area contributed by atoms with E-state index in [4.69, 9.17) is 4.21 Å². The summed E-state index contributed by atoms with van der Waals surface area (Å²) in [6, 6.07) is 31.0. The summed E-state index contributed by atoms with van der Waals surface area (Å²) in [5, 5.41) is 0. The molecule has 1 saturated carbocycles. The Kier molecular flexibility index (Phi) is 9.12. The molecule has 268 valence electrons. The number of allylic oxidation sites excluding steroid dienone is 10. The molecule has 0 heterocycles. The van der Waals surface area contributed by atoms with Crippen molar-refractivity contribution in [3.8, 4) is 0 Å². The number of benzene rings is 3. The van der Waals surface area contributed by atoms with Crippen LogP contribution in [-0.4, -0.2) is 4.21 Å². The second-order valence-electron chi connectivity index (χ2n) is 18.3. The average Bonchev–Trinajstić information content (AvgIpc) is 3.77. The van der Waals surface area contributed by atoms with E-state index in [9.17, 15) is 0 Å². The maximum atomic E-state index is 6.08. The predicted octanol–water partition coefficient (Wildman–Crippen LogP) is 12.3. The zero-order valence-electron chi connectivity index (χ0n) is 32.3. The topological polar surface area (TPSA) is 0 Å². The van der Waals surface area contributed by atoms with E-state index in [-0.39, 0.29) is 49.6 Å². The summed E-state index contributed by atoms with van der Waals surface area (Å²) < 4.78 is 10.4. The average molecular weight is 797 g/mol. The monoisotopic (exact) mass is 794 g/mol. The van der Waals surface area contributed by atoms with Crippen molar-refractivity contribution >= 4 is 41.1 Å². The molecule has 3 unspecified atom stereocenters. The van der Waals surface area contributed by atoms with E-state index < -0.39 is 18.3 Å². The van der Waals surface area contributed by atoms with Gasteiger partial charge in [-0.3, -0.25) is 0 Å². The van der Waals surface area contributed by atoms with Crippen molar-refractivity contribution in [2.45, 2.75) is 91.1 Å². The Hall–Kier alpha value is -2.31. The second kappa shape index (κ2) is 12.1. The first-order valence-electron chi connectivity index (χ1n) is 18.9. The standard InChI is InChI=1S/C29H37.C7H7.C6H5.C5H5.CH2.2ClH.Zr/c1-18-25-22-17-19-13-9-10-14-20(19)24(22)21-15-11-12-16-23(21)29(25,8)28(6,7)27(4,5)26(18,2)3;1-7-5-3-2-4-6-7;1-2-4-6-5-3-1;1-2-4-5-3-1;;;;/h9-11,13-15,23H,12,16-17H2,1-8H3;3-6H,1H3;1-5H;1-3H,4H2;1H2;2*1H;. The van der Waals surface area contributed by atoms with Crippen LogP contribution in [0.5, 0.6) is 0 Å². The van der Waals surface area contributed by atoms with Gasteiger partial charge in [0.15, 0.2) is 0 Å². The number of fused-ring (bicyclic) bond motifs is 6. The molecule has 51 heavy (non-hydrogen) atoms. The van der Waals surface area contributed by atoms with Crippen LogP contribution in [0.4, 0.5) is 0 Å². The molecule has 3 aromatic carbocycles. The van der Waals surface area contributed by atoms with E-state index in [2.05, 4.69) is 172 Å². The van der Waals surface area contributed by atoms with Gasteiger partial charge < -0.3 is 0 Å². The fourth-order valence-electron chi connectivity index (χ4n) is 12.9. The van der Waals surface area contributed by atoms with E-state index in [0.717, 1.165) is 19.3 Å². The molecule has 0 nitrogen and oxygen atoms in total. The van der Waals surface area contributed by atoms with Crippen molar-refractivity contribution in [2.24, 2.45) is 27.6 Å². The first-order chi connectivity index (χ1) is 23.1. The zero-order chi connectivity index (χ0) is 34.9. The third-order valence-corrected chi connectivity index (χ3v) is 36.8. The molecule has 0 aliphatic heterocycles. The van der Waals surface area contributed by atoms with Crippen LogP contribution < -0.4 is 6.54 Å². The van der Waals surface area contributed by atoms with Crippen molar-refractivity contribution in [1.29, 1.82) is 0 Å². The van der Waals surface area contributed by atoms with Gasteiger partial charge in [-0.1, -0.05) is 0 Å². The van der Waals surface area contributed by atoms with E-state index in [1.807, 2.05) is 0 Å². The summed E-state index contributed by atoms with van der Waals surface area (Å²) in [5.74, 6) is 0.444. The quantitative estimate of drug-likeness (QED) is 0.247. The molecule has 3 heteroatoms. The van der Waals surface area contributed by atoms with Gasteiger partial charge in [-0.05, 0) is 0 Å². The number of hydrogen-bond donors (Lipinski definition) is 0. The van der Waals surface area contributed by atoms with Crippen molar-refractivity contribution in [3.63, 3.8) is 0 Å². The Morgan fingerprint density at radius 1 is 0.706 bits per heavy atom. The van der Waals surface area contributed by atoms with Gasteiger partial charge >= 0.3 is 299 Å². The van der Waals surface area contributed by atoms with Gasteiger partial charge in [-0.15, -0.1) is 24.8 Å². The number of aryl methyl sites for hydroxylation is 1. The summed E-state index contributed by atoms with van der Waals surface area (Å²) in [5.41, 5.74) is 10.5. The first kappa shape index (κ1) is 38.4. The maximum absolute atomic E-state index is 6.08. The van der Waals surface area contributed by atoms with Crippen LogP contribution in [0.2, 0.25) is 3.12 Å².